The molecule has 4 nitrogen and oxygen atoms in total. The fourth-order valence-corrected chi connectivity index (χ4v) is 1.83. The Bertz CT molecular complexity index is 270. The summed E-state index contributed by atoms with van der Waals surface area (Å²) in [6.45, 7) is 17.6. The van der Waals surface area contributed by atoms with Crippen LogP contribution in [0.2, 0.25) is 0 Å². The molecule has 2 unspecified atom stereocenters. The van der Waals surface area contributed by atoms with E-state index in [0.717, 1.165) is 32.1 Å². The predicted molar refractivity (Wildman–Crippen MR) is 104 cm³/mol. The summed E-state index contributed by atoms with van der Waals surface area (Å²) in [6, 6.07) is 0.417. The molecule has 2 N–H and O–H groups in total. The van der Waals surface area contributed by atoms with Crippen LogP contribution in [-0.4, -0.2) is 37.8 Å². The lowest BCUT2D eigenvalue weighted by Crippen LogP contribution is -2.44. The van der Waals surface area contributed by atoms with Gasteiger partial charge in [-0.15, -0.1) is 24.0 Å². The molecule has 0 saturated heterocycles. The zero-order chi connectivity index (χ0) is 15.5. The first-order valence-electron chi connectivity index (χ1n) is 8.08. The van der Waals surface area contributed by atoms with E-state index in [1.54, 1.807) is 0 Å². The molecule has 0 aromatic carbocycles. The minimum atomic E-state index is 0. The Hall–Kier alpha value is -0.0400. The minimum Gasteiger partial charge on any atom is -0.378 e. The topological polar surface area (TPSA) is 45.7 Å². The average Bonchev–Trinajstić information content (AvgIpc) is 2.37. The monoisotopic (exact) mass is 413 g/mol. The quantitative estimate of drug-likeness (QED) is 0.345. The maximum Gasteiger partial charge on any atom is 0.191 e. The molecule has 0 amide bonds. The van der Waals surface area contributed by atoms with Crippen LogP contribution >= 0.6 is 24.0 Å². The normalized spacial score (nSPS) is 14.8. The molecule has 2 atom stereocenters. The highest BCUT2D eigenvalue weighted by Gasteiger charge is 2.13. The van der Waals surface area contributed by atoms with E-state index in [-0.39, 0.29) is 24.0 Å². The van der Waals surface area contributed by atoms with Gasteiger partial charge in [0.25, 0.3) is 0 Å². The summed E-state index contributed by atoms with van der Waals surface area (Å²) in [7, 11) is 0. The zero-order valence-corrected chi connectivity index (χ0v) is 17.2. The largest absolute Gasteiger partial charge is 0.378 e. The van der Waals surface area contributed by atoms with Crippen LogP contribution in [-0.2, 0) is 4.74 Å². The summed E-state index contributed by atoms with van der Waals surface area (Å²) in [5, 5.41) is 6.75. The Labute approximate surface area is 148 Å². The molecule has 0 fully saturated rings. The number of aliphatic imine (C=N–C) groups is 1. The first-order chi connectivity index (χ1) is 9.42. The van der Waals surface area contributed by atoms with Crippen LogP contribution in [0.25, 0.3) is 0 Å². The number of rotatable bonds is 9. The van der Waals surface area contributed by atoms with Crippen molar-refractivity contribution in [3.05, 3.63) is 0 Å². The van der Waals surface area contributed by atoms with Gasteiger partial charge < -0.3 is 15.4 Å². The standard InChI is InChI=1S/C16H35N3O.HI/c1-8-17-16(19-14(7)12(3)4)18-11-10-15(13(5)6)20-9-2;/h12-15H,8-11H2,1-7H3,(H2,17,18,19);1H. The van der Waals surface area contributed by atoms with E-state index >= 15 is 0 Å². The molecular weight excluding hydrogens is 377 g/mol. The van der Waals surface area contributed by atoms with Crippen LogP contribution in [0.4, 0.5) is 0 Å². The molecule has 0 spiro atoms. The van der Waals surface area contributed by atoms with Gasteiger partial charge in [0, 0.05) is 25.7 Å². The number of hydrogen-bond acceptors (Lipinski definition) is 2. The van der Waals surface area contributed by atoms with Crippen LogP contribution in [0.5, 0.6) is 0 Å². The van der Waals surface area contributed by atoms with Crippen LogP contribution in [0.1, 0.15) is 54.9 Å². The van der Waals surface area contributed by atoms with Gasteiger partial charge in [-0.25, -0.2) is 0 Å². The minimum absolute atomic E-state index is 0. The molecular formula is C16H36IN3O. The van der Waals surface area contributed by atoms with Crippen molar-refractivity contribution in [3.63, 3.8) is 0 Å². The third-order valence-electron chi connectivity index (χ3n) is 3.52. The number of hydrogen-bond donors (Lipinski definition) is 2. The first-order valence-corrected chi connectivity index (χ1v) is 8.08. The van der Waals surface area contributed by atoms with E-state index in [4.69, 9.17) is 4.74 Å². The molecule has 0 aliphatic rings. The van der Waals surface area contributed by atoms with E-state index in [1.165, 1.54) is 0 Å². The lowest BCUT2D eigenvalue weighted by Gasteiger charge is -2.22. The highest BCUT2D eigenvalue weighted by Crippen LogP contribution is 2.10. The lowest BCUT2D eigenvalue weighted by atomic mass is 10.0. The highest BCUT2D eigenvalue weighted by atomic mass is 127. The number of nitrogens with zero attached hydrogens (tertiary/aromatic N) is 1. The van der Waals surface area contributed by atoms with Crippen molar-refractivity contribution < 1.29 is 4.74 Å². The number of halogens is 1. The summed E-state index contributed by atoms with van der Waals surface area (Å²) >= 11 is 0. The van der Waals surface area contributed by atoms with E-state index in [2.05, 4.69) is 64.1 Å². The Morgan fingerprint density at radius 3 is 2.10 bits per heavy atom. The molecule has 0 saturated carbocycles. The van der Waals surface area contributed by atoms with Gasteiger partial charge in [-0.1, -0.05) is 27.7 Å². The molecule has 0 rings (SSSR count). The van der Waals surface area contributed by atoms with Crippen LogP contribution < -0.4 is 10.6 Å². The molecule has 0 bridgehead atoms. The molecule has 5 heteroatoms. The Morgan fingerprint density at radius 1 is 1.05 bits per heavy atom. The molecule has 0 radical (unpaired) electrons. The van der Waals surface area contributed by atoms with E-state index in [1.807, 2.05) is 0 Å². The van der Waals surface area contributed by atoms with Crippen LogP contribution in [0.15, 0.2) is 4.99 Å². The highest BCUT2D eigenvalue weighted by molar-refractivity contribution is 14.0. The molecule has 0 heterocycles. The number of guanidine groups is 1. The zero-order valence-electron chi connectivity index (χ0n) is 14.9. The van der Waals surface area contributed by atoms with E-state index < -0.39 is 0 Å². The van der Waals surface area contributed by atoms with Crippen molar-refractivity contribution >= 4 is 29.9 Å². The Balaban J connectivity index is 0. The van der Waals surface area contributed by atoms with Crippen LogP contribution in [0, 0.1) is 11.8 Å². The number of nitrogens with one attached hydrogen (secondary N) is 2. The van der Waals surface area contributed by atoms with Crippen molar-refractivity contribution in [2.24, 2.45) is 16.8 Å². The second-order valence-electron chi connectivity index (χ2n) is 5.96. The summed E-state index contributed by atoms with van der Waals surface area (Å²) in [4.78, 5) is 4.65. The third-order valence-corrected chi connectivity index (χ3v) is 3.52. The van der Waals surface area contributed by atoms with Gasteiger partial charge in [0.1, 0.15) is 0 Å². The SMILES string of the molecule is CCNC(=NCCC(OCC)C(C)C)NC(C)C(C)C.I. The fourth-order valence-electron chi connectivity index (χ4n) is 1.83. The van der Waals surface area contributed by atoms with Gasteiger partial charge in [0.05, 0.1) is 6.10 Å². The van der Waals surface area contributed by atoms with Gasteiger partial charge >= 0.3 is 0 Å². The summed E-state index contributed by atoms with van der Waals surface area (Å²) in [6.07, 6.45) is 1.27. The number of ether oxygens (including phenoxy) is 1. The van der Waals surface area contributed by atoms with Crippen molar-refractivity contribution in [1.29, 1.82) is 0 Å². The van der Waals surface area contributed by atoms with E-state index in [0.29, 0.717) is 24.0 Å². The predicted octanol–water partition coefficient (Wildman–Crippen LogP) is 3.66. The fraction of sp³-hybridized carbons (Fsp3) is 0.938. The molecule has 0 aliphatic carbocycles. The van der Waals surface area contributed by atoms with Crippen molar-refractivity contribution in [1.82, 2.24) is 10.6 Å². The summed E-state index contributed by atoms with van der Waals surface area (Å²) < 4.78 is 5.75. The lowest BCUT2D eigenvalue weighted by molar-refractivity contribution is 0.0266. The van der Waals surface area contributed by atoms with Gasteiger partial charge in [-0.2, -0.15) is 0 Å². The van der Waals surface area contributed by atoms with Gasteiger partial charge in [-0.05, 0) is 39.0 Å². The van der Waals surface area contributed by atoms with E-state index in [9.17, 15) is 0 Å². The third kappa shape index (κ3) is 11.2. The van der Waals surface area contributed by atoms with Crippen molar-refractivity contribution in [2.75, 3.05) is 19.7 Å². The van der Waals surface area contributed by atoms with Gasteiger partial charge in [0.2, 0.25) is 0 Å². The van der Waals surface area contributed by atoms with Gasteiger partial charge in [-0.3, -0.25) is 4.99 Å². The van der Waals surface area contributed by atoms with Crippen molar-refractivity contribution in [3.8, 4) is 0 Å². The smallest absolute Gasteiger partial charge is 0.191 e. The van der Waals surface area contributed by atoms with Crippen molar-refractivity contribution in [2.45, 2.75) is 67.0 Å². The van der Waals surface area contributed by atoms with Crippen LogP contribution in [0.3, 0.4) is 0 Å². The second-order valence-corrected chi connectivity index (χ2v) is 5.96. The molecule has 0 aliphatic heterocycles. The Kier molecular flexibility index (Phi) is 15.1. The molecule has 0 aromatic heterocycles. The molecule has 128 valence electrons. The maximum atomic E-state index is 5.75. The average molecular weight is 413 g/mol. The summed E-state index contributed by atoms with van der Waals surface area (Å²) in [5.41, 5.74) is 0. The molecule has 0 aromatic rings. The first kappa shape index (κ1) is 23.2. The Morgan fingerprint density at radius 2 is 1.67 bits per heavy atom. The molecule has 21 heavy (non-hydrogen) atoms. The summed E-state index contributed by atoms with van der Waals surface area (Å²) in [5.74, 6) is 2.04. The maximum absolute atomic E-state index is 5.75. The second kappa shape index (κ2) is 13.6. The van der Waals surface area contributed by atoms with Gasteiger partial charge in [0.15, 0.2) is 5.96 Å².